The van der Waals surface area contributed by atoms with Crippen molar-refractivity contribution in [2.45, 2.75) is 46.3 Å². The minimum absolute atomic E-state index is 0.0601. The normalized spacial score (nSPS) is 18.4. The molecular weight excluding hydrogens is 349 g/mol. The summed E-state index contributed by atoms with van der Waals surface area (Å²) in [6.45, 7) is 11.2. The number of ketones is 1. The smallest absolute Gasteiger partial charge is 0.172 e. The molecule has 3 rings (SSSR count). The van der Waals surface area contributed by atoms with Gasteiger partial charge in [0.15, 0.2) is 17.3 Å². The molecule has 0 unspecified atom stereocenters. The van der Waals surface area contributed by atoms with E-state index in [1.807, 2.05) is 32.6 Å². The van der Waals surface area contributed by atoms with Crippen molar-refractivity contribution in [3.63, 3.8) is 0 Å². The molecule has 0 aliphatic carbocycles. The highest BCUT2D eigenvalue weighted by Crippen LogP contribution is 2.46. The van der Waals surface area contributed by atoms with Crippen molar-refractivity contribution in [1.29, 1.82) is 0 Å². The number of ether oxygens (including phenoxy) is 1. The molecule has 2 heterocycles. The van der Waals surface area contributed by atoms with Gasteiger partial charge in [0.1, 0.15) is 11.4 Å². The summed E-state index contributed by atoms with van der Waals surface area (Å²) in [5, 5.41) is 1.71. The third-order valence-corrected chi connectivity index (χ3v) is 4.79. The van der Waals surface area contributed by atoms with Gasteiger partial charge in [-0.05, 0) is 40.8 Å². The Morgan fingerprint density at radius 1 is 1.00 bits per heavy atom. The van der Waals surface area contributed by atoms with Gasteiger partial charge in [-0.15, -0.1) is 0 Å². The number of fused-ring (bicyclic) bond motifs is 1. The van der Waals surface area contributed by atoms with Crippen LogP contribution in [0.25, 0.3) is 0 Å². The first-order valence-electron chi connectivity index (χ1n) is 9.72. The molecule has 150 valence electrons. The summed E-state index contributed by atoms with van der Waals surface area (Å²) in [6.07, 6.45) is 0.0869. The minimum atomic E-state index is -0.409. The van der Waals surface area contributed by atoms with E-state index in [2.05, 4.69) is 11.9 Å². The first-order valence-corrected chi connectivity index (χ1v) is 9.72. The fourth-order valence-corrected chi connectivity index (χ4v) is 3.55. The number of carbonyl (C=O) groups is 1. The summed E-state index contributed by atoms with van der Waals surface area (Å²) in [5.41, 5.74) is 1.33. The summed E-state index contributed by atoms with van der Waals surface area (Å²) in [7, 11) is 2.06. The maximum absolute atomic E-state index is 15.2. The van der Waals surface area contributed by atoms with Crippen molar-refractivity contribution in [1.82, 2.24) is 4.90 Å². The second-order valence-corrected chi connectivity index (χ2v) is 7.82. The van der Waals surface area contributed by atoms with Crippen LogP contribution in [0, 0.1) is 5.82 Å². The van der Waals surface area contributed by atoms with E-state index in [4.69, 9.17) is 9.57 Å². The molecular formula is C20H30FN3O3. The molecule has 7 heteroatoms. The SMILES string of the molecule is CC(C)Oc1c(N2CCN(C)CC2)c(F)cc2c1N(OC(C)C)CCC2=O. The molecule has 1 aromatic rings. The van der Waals surface area contributed by atoms with Crippen LogP contribution < -0.4 is 14.7 Å². The topological polar surface area (TPSA) is 45.2 Å². The second kappa shape index (κ2) is 8.02. The van der Waals surface area contributed by atoms with Crippen LogP contribution in [0.2, 0.25) is 0 Å². The van der Waals surface area contributed by atoms with Gasteiger partial charge < -0.3 is 14.5 Å². The Labute approximate surface area is 160 Å². The number of hydroxylamine groups is 1. The first kappa shape index (κ1) is 19.9. The number of hydrogen-bond acceptors (Lipinski definition) is 6. The molecule has 0 bridgehead atoms. The van der Waals surface area contributed by atoms with Crippen LogP contribution in [0.3, 0.4) is 0 Å². The van der Waals surface area contributed by atoms with Crippen LogP contribution >= 0.6 is 0 Å². The lowest BCUT2D eigenvalue weighted by Gasteiger charge is -2.38. The van der Waals surface area contributed by atoms with E-state index in [0.29, 0.717) is 48.7 Å². The fraction of sp³-hybridized carbons (Fsp3) is 0.650. The Morgan fingerprint density at radius 3 is 2.26 bits per heavy atom. The number of anilines is 2. The number of halogens is 1. The summed E-state index contributed by atoms with van der Waals surface area (Å²) in [6, 6.07) is 1.36. The van der Waals surface area contributed by atoms with E-state index in [0.717, 1.165) is 13.1 Å². The van der Waals surface area contributed by atoms with E-state index in [1.54, 1.807) is 5.06 Å². The summed E-state index contributed by atoms with van der Waals surface area (Å²) >= 11 is 0. The molecule has 1 aromatic carbocycles. The van der Waals surface area contributed by atoms with Gasteiger partial charge >= 0.3 is 0 Å². The average molecular weight is 379 g/mol. The van der Waals surface area contributed by atoms with Gasteiger partial charge in [-0.1, -0.05) is 0 Å². The van der Waals surface area contributed by atoms with Crippen molar-refractivity contribution in [3.8, 4) is 5.75 Å². The van der Waals surface area contributed by atoms with Crippen LogP contribution in [-0.4, -0.2) is 62.7 Å². The summed E-state index contributed by atoms with van der Waals surface area (Å²) in [5.74, 6) is -0.0713. The van der Waals surface area contributed by atoms with Gasteiger partial charge in [0, 0.05) is 32.6 Å². The fourth-order valence-electron chi connectivity index (χ4n) is 3.55. The second-order valence-electron chi connectivity index (χ2n) is 7.82. The molecule has 0 N–H and O–H groups in total. The molecule has 1 fully saturated rings. The van der Waals surface area contributed by atoms with E-state index in [-0.39, 0.29) is 18.0 Å². The number of rotatable bonds is 5. The van der Waals surface area contributed by atoms with Crippen LogP contribution in [-0.2, 0) is 4.84 Å². The first-order chi connectivity index (χ1) is 12.8. The molecule has 2 aliphatic rings. The van der Waals surface area contributed by atoms with Gasteiger partial charge in [-0.25, -0.2) is 9.45 Å². The molecule has 6 nitrogen and oxygen atoms in total. The van der Waals surface area contributed by atoms with E-state index >= 15 is 4.39 Å². The van der Waals surface area contributed by atoms with Crippen molar-refractivity contribution < 1.29 is 18.8 Å². The van der Waals surface area contributed by atoms with Gasteiger partial charge in [0.05, 0.1) is 24.3 Å². The average Bonchev–Trinajstić information content (AvgIpc) is 2.58. The van der Waals surface area contributed by atoms with Crippen molar-refractivity contribution in [2.24, 2.45) is 0 Å². The summed E-state index contributed by atoms with van der Waals surface area (Å²) in [4.78, 5) is 22.7. The largest absolute Gasteiger partial charge is 0.486 e. The lowest BCUT2D eigenvalue weighted by Crippen LogP contribution is -2.45. The van der Waals surface area contributed by atoms with Gasteiger partial charge in [-0.3, -0.25) is 9.63 Å². The highest BCUT2D eigenvalue weighted by molar-refractivity contribution is 6.05. The van der Waals surface area contributed by atoms with Crippen molar-refractivity contribution in [2.75, 3.05) is 49.7 Å². The molecule has 0 radical (unpaired) electrons. The number of piperazine rings is 1. The Morgan fingerprint density at radius 2 is 1.67 bits per heavy atom. The third-order valence-electron chi connectivity index (χ3n) is 4.79. The van der Waals surface area contributed by atoms with Crippen LogP contribution in [0.4, 0.5) is 15.8 Å². The lowest BCUT2D eigenvalue weighted by atomic mass is 9.99. The zero-order valence-corrected chi connectivity index (χ0v) is 16.9. The van der Waals surface area contributed by atoms with Crippen molar-refractivity contribution >= 4 is 17.2 Å². The Kier molecular flexibility index (Phi) is 5.91. The predicted octanol–water partition coefficient (Wildman–Crippen LogP) is 3.10. The zero-order chi connectivity index (χ0) is 19.7. The van der Waals surface area contributed by atoms with Crippen LogP contribution in [0.5, 0.6) is 5.75 Å². The quantitative estimate of drug-likeness (QED) is 0.783. The van der Waals surface area contributed by atoms with Gasteiger partial charge in [0.2, 0.25) is 0 Å². The molecule has 0 aromatic heterocycles. The van der Waals surface area contributed by atoms with E-state index < -0.39 is 5.82 Å². The Bertz CT molecular complexity index is 700. The highest BCUT2D eigenvalue weighted by Gasteiger charge is 2.34. The number of carbonyl (C=O) groups excluding carboxylic acids is 1. The standard InChI is InChI=1S/C20H30FN3O3/c1-13(2)26-20-18-15(17(25)6-7-24(18)27-14(3)4)12-16(21)19(20)23-10-8-22(5)9-11-23/h12-14H,6-11H2,1-5H3. The van der Waals surface area contributed by atoms with Crippen molar-refractivity contribution in [3.05, 3.63) is 17.4 Å². The molecule has 1 saturated heterocycles. The molecule has 27 heavy (non-hydrogen) atoms. The predicted molar refractivity (Wildman–Crippen MR) is 104 cm³/mol. The monoisotopic (exact) mass is 379 g/mol. The number of hydrogen-bond donors (Lipinski definition) is 0. The summed E-state index contributed by atoms with van der Waals surface area (Å²) < 4.78 is 21.3. The molecule has 0 atom stereocenters. The maximum atomic E-state index is 15.2. The zero-order valence-electron chi connectivity index (χ0n) is 16.9. The van der Waals surface area contributed by atoms with E-state index in [1.165, 1.54) is 6.07 Å². The minimum Gasteiger partial charge on any atom is -0.486 e. The molecule has 2 aliphatic heterocycles. The lowest BCUT2D eigenvalue weighted by molar-refractivity contribution is 0.0493. The Balaban J connectivity index is 2.14. The molecule has 0 spiro atoms. The van der Waals surface area contributed by atoms with Crippen LogP contribution in [0.1, 0.15) is 44.5 Å². The molecule has 0 saturated carbocycles. The van der Waals surface area contributed by atoms with Gasteiger partial charge in [0.25, 0.3) is 0 Å². The van der Waals surface area contributed by atoms with Crippen LogP contribution in [0.15, 0.2) is 6.07 Å². The number of likely N-dealkylation sites (N-methyl/N-ethyl adjacent to an activating group) is 1. The van der Waals surface area contributed by atoms with Gasteiger partial charge in [-0.2, -0.15) is 0 Å². The number of benzene rings is 1. The molecule has 0 amide bonds. The third kappa shape index (κ3) is 4.19. The number of nitrogens with zero attached hydrogens (tertiary/aromatic N) is 3. The van der Waals surface area contributed by atoms with E-state index in [9.17, 15) is 4.79 Å². The maximum Gasteiger partial charge on any atom is 0.172 e. The number of Topliss-reactive ketones (excluding diaryl/α,β-unsaturated/α-hetero) is 1. The highest BCUT2D eigenvalue weighted by atomic mass is 19.1. The Hall–Kier alpha value is -1.86.